The molecule has 138 valence electrons. The summed E-state index contributed by atoms with van der Waals surface area (Å²) >= 11 is 0. The Bertz CT molecular complexity index is 910. The first-order valence-corrected chi connectivity index (χ1v) is 8.69. The molecule has 0 saturated carbocycles. The maximum Gasteiger partial charge on any atom is 0.272 e. The molecule has 2 N–H and O–H groups in total. The molecule has 0 aliphatic carbocycles. The minimum atomic E-state index is -0.248. The average Bonchev–Trinajstić information content (AvgIpc) is 2.72. The molecule has 1 amide bonds. The maximum absolute atomic E-state index is 12.3. The van der Waals surface area contributed by atoms with Crippen molar-refractivity contribution in [3.8, 4) is 5.75 Å². The van der Waals surface area contributed by atoms with E-state index in [2.05, 4.69) is 20.8 Å². The Hall–Kier alpha value is -3.41. The first kappa shape index (κ1) is 18.4. The molecule has 1 heterocycles. The molecule has 0 atom stereocenters. The summed E-state index contributed by atoms with van der Waals surface area (Å²) in [6.45, 7) is 3.03. The average molecular weight is 362 g/mol. The summed E-state index contributed by atoms with van der Waals surface area (Å²) in [5.41, 5.74) is 3.52. The fourth-order valence-corrected chi connectivity index (χ4v) is 2.66. The summed E-state index contributed by atoms with van der Waals surface area (Å²) in [5.74, 6) is 1.16. The molecule has 0 spiro atoms. The van der Waals surface area contributed by atoms with Gasteiger partial charge in [0.2, 0.25) is 0 Å². The van der Waals surface area contributed by atoms with Crippen LogP contribution in [0.4, 0.5) is 5.82 Å². The monoisotopic (exact) mass is 362 g/mol. The number of rotatable bonds is 7. The SMILES string of the molecule is COc1ccccc1CNc1ccc(C(=O)NCc2ccccc2C)nn1. The molecule has 6 heteroatoms. The number of ether oxygens (including phenoxy) is 1. The van der Waals surface area contributed by atoms with Crippen molar-refractivity contribution in [1.82, 2.24) is 15.5 Å². The number of carbonyl (C=O) groups is 1. The molecule has 0 saturated heterocycles. The third-order valence-corrected chi connectivity index (χ3v) is 4.25. The lowest BCUT2D eigenvalue weighted by molar-refractivity contribution is 0.0945. The number of nitrogens with one attached hydrogen (secondary N) is 2. The van der Waals surface area contributed by atoms with E-state index in [1.54, 1.807) is 19.2 Å². The molecule has 0 unspecified atom stereocenters. The zero-order valence-corrected chi connectivity index (χ0v) is 15.4. The van der Waals surface area contributed by atoms with Gasteiger partial charge in [0.15, 0.2) is 5.69 Å². The van der Waals surface area contributed by atoms with E-state index in [1.807, 2.05) is 55.5 Å². The lowest BCUT2D eigenvalue weighted by Crippen LogP contribution is -2.24. The Morgan fingerprint density at radius 1 is 0.926 bits per heavy atom. The zero-order chi connectivity index (χ0) is 19.1. The molecule has 0 bridgehead atoms. The van der Waals surface area contributed by atoms with Gasteiger partial charge in [-0.1, -0.05) is 42.5 Å². The Balaban J connectivity index is 1.56. The van der Waals surface area contributed by atoms with E-state index in [4.69, 9.17) is 4.74 Å². The molecule has 6 nitrogen and oxygen atoms in total. The third-order valence-electron chi connectivity index (χ3n) is 4.25. The van der Waals surface area contributed by atoms with Crippen LogP contribution in [-0.4, -0.2) is 23.2 Å². The summed E-state index contributed by atoms with van der Waals surface area (Å²) in [6.07, 6.45) is 0. The molecule has 0 fully saturated rings. The smallest absolute Gasteiger partial charge is 0.272 e. The number of carbonyl (C=O) groups excluding carboxylic acids is 1. The fraction of sp³-hybridized carbons (Fsp3) is 0.190. The number of benzene rings is 2. The Kier molecular flexibility index (Phi) is 5.99. The molecule has 0 aliphatic rings. The maximum atomic E-state index is 12.3. The third kappa shape index (κ3) is 4.82. The van der Waals surface area contributed by atoms with Gasteiger partial charge in [0, 0.05) is 18.7 Å². The van der Waals surface area contributed by atoms with Gasteiger partial charge in [-0.25, -0.2) is 0 Å². The lowest BCUT2D eigenvalue weighted by atomic mass is 10.1. The minimum absolute atomic E-state index is 0.248. The number of anilines is 1. The number of aryl methyl sites for hydroxylation is 1. The van der Waals surface area contributed by atoms with Crippen LogP contribution < -0.4 is 15.4 Å². The van der Waals surface area contributed by atoms with Gasteiger partial charge in [-0.3, -0.25) is 4.79 Å². The molecule has 3 rings (SSSR count). The van der Waals surface area contributed by atoms with Crippen molar-refractivity contribution in [3.05, 3.63) is 83.0 Å². The van der Waals surface area contributed by atoms with Crippen LogP contribution in [0.25, 0.3) is 0 Å². The topological polar surface area (TPSA) is 76.1 Å². The number of hydrogen-bond acceptors (Lipinski definition) is 5. The van der Waals surface area contributed by atoms with Crippen LogP contribution in [0.15, 0.2) is 60.7 Å². The van der Waals surface area contributed by atoms with E-state index in [-0.39, 0.29) is 11.6 Å². The Labute approximate surface area is 158 Å². The standard InChI is InChI=1S/C21H22N4O2/c1-15-7-3-4-8-16(15)13-23-21(26)18-11-12-20(25-24-18)22-14-17-9-5-6-10-19(17)27-2/h3-12H,13-14H2,1-2H3,(H,22,25)(H,23,26). The van der Waals surface area contributed by atoms with Crippen LogP contribution in [0.3, 0.4) is 0 Å². The Morgan fingerprint density at radius 3 is 2.37 bits per heavy atom. The van der Waals surface area contributed by atoms with E-state index in [0.717, 1.165) is 22.4 Å². The predicted molar refractivity (Wildman–Crippen MR) is 105 cm³/mol. The normalized spacial score (nSPS) is 10.3. The van der Waals surface area contributed by atoms with Crippen LogP contribution in [0.2, 0.25) is 0 Å². The first-order chi connectivity index (χ1) is 13.2. The van der Waals surface area contributed by atoms with Gasteiger partial charge in [0.25, 0.3) is 5.91 Å². The van der Waals surface area contributed by atoms with Crippen molar-refractivity contribution in [2.75, 3.05) is 12.4 Å². The highest BCUT2D eigenvalue weighted by Gasteiger charge is 2.09. The molecule has 0 radical (unpaired) electrons. The van der Waals surface area contributed by atoms with Crippen molar-refractivity contribution in [3.63, 3.8) is 0 Å². The number of aromatic nitrogens is 2. The molecule has 27 heavy (non-hydrogen) atoms. The number of amides is 1. The number of methoxy groups -OCH3 is 1. The summed E-state index contributed by atoms with van der Waals surface area (Å²) in [6, 6.07) is 19.1. The minimum Gasteiger partial charge on any atom is -0.496 e. The molecular weight excluding hydrogens is 340 g/mol. The van der Waals surface area contributed by atoms with Crippen molar-refractivity contribution in [1.29, 1.82) is 0 Å². The number of para-hydroxylation sites is 1. The lowest BCUT2D eigenvalue weighted by Gasteiger charge is -2.10. The second-order valence-electron chi connectivity index (χ2n) is 6.08. The van der Waals surface area contributed by atoms with E-state index in [9.17, 15) is 4.79 Å². The highest BCUT2D eigenvalue weighted by atomic mass is 16.5. The molecule has 0 aliphatic heterocycles. The van der Waals surface area contributed by atoms with Crippen molar-refractivity contribution >= 4 is 11.7 Å². The van der Waals surface area contributed by atoms with Crippen molar-refractivity contribution in [2.45, 2.75) is 20.0 Å². The van der Waals surface area contributed by atoms with Crippen LogP contribution >= 0.6 is 0 Å². The van der Waals surface area contributed by atoms with Gasteiger partial charge in [-0.2, -0.15) is 0 Å². The van der Waals surface area contributed by atoms with E-state index < -0.39 is 0 Å². The molecular formula is C21H22N4O2. The van der Waals surface area contributed by atoms with Gasteiger partial charge in [-0.05, 0) is 36.2 Å². The van der Waals surface area contributed by atoms with Gasteiger partial charge < -0.3 is 15.4 Å². The molecule has 2 aromatic carbocycles. The van der Waals surface area contributed by atoms with Crippen LogP contribution in [-0.2, 0) is 13.1 Å². The first-order valence-electron chi connectivity index (χ1n) is 8.69. The van der Waals surface area contributed by atoms with E-state index in [0.29, 0.717) is 18.9 Å². The van der Waals surface area contributed by atoms with Crippen molar-refractivity contribution < 1.29 is 9.53 Å². The summed E-state index contributed by atoms with van der Waals surface area (Å²) in [4.78, 5) is 12.3. The predicted octanol–water partition coefficient (Wildman–Crippen LogP) is 3.34. The van der Waals surface area contributed by atoms with Crippen molar-refractivity contribution in [2.24, 2.45) is 0 Å². The van der Waals surface area contributed by atoms with Gasteiger partial charge >= 0.3 is 0 Å². The number of hydrogen-bond donors (Lipinski definition) is 2. The second kappa shape index (κ2) is 8.80. The summed E-state index contributed by atoms with van der Waals surface area (Å²) in [5, 5.41) is 14.1. The van der Waals surface area contributed by atoms with Gasteiger partial charge in [-0.15, -0.1) is 10.2 Å². The summed E-state index contributed by atoms with van der Waals surface area (Å²) < 4.78 is 5.33. The van der Waals surface area contributed by atoms with Crippen LogP contribution in [0.1, 0.15) is 27.2 Å². The zero-order valence-electron chi connectivity index (χ0n) is 15.4. The Morgan fingerprint density at radius 2 is 1.67 bits per heavy atom. The molecule has 3 aromatic rings. The van der Waals surface area contributed by atoms with Gasteiger partial charge in [0.05, 0.1) is 7.11 Å². The van der Waals surface area contributed by atoms with Crippen LogP contribution in [0, 0.1) is 6.92 Å². The summed E-state index contributed by atoms with van der Waals surface area (Å²) in [7, 11) is 1.64. The van der Waals surface area contributed by atoms with E-state index >= 15 is 0 Å². The quantitative estimate of drug-likeness (QED) is 0.674. The van der Waals surface area contributed by atoms with E-state index in [1.165, 1.54) is 0 Å². The van der Waals surface area contributed by atoms with Crippen LogP contribution in [0.5, 0.6) is 5.75 Å². The number of nitrogens with zero attached hydrogens (tertiary/aromatic N) is 2. The second-order valence-corrected chi connectivity index (χ2v) is 6.08. The highest BCUT2D eigenvalue weighted by molar-refractivity contribution is 5.92. The fourth-order valence-electron chi connectivity index (χ4n) is 2.66. The molecule has 1 aromatic heterocycles. The highest BCUT2D eigenvalue weighted by Crippen LogP contribution is 2.18. The van der Waals surface area contributed by atoms with Gasteiger partial charge in [0.1, 0.15) is 11.6 Å². The largest absolute Gasteiger partial charge is 0.496 e.